The highest BCUT2D eigenvalue weighted by molar-refractivity contribution is 6.36. The molecule has 0 fully saturated rings. The van der Waals surface area contributed by atoms with Crippen molar-refractivity contribution in [3.05, 3.63) is 89.5 Å². The summed E-state index contributed by atoms with van der Waals surface area (Å²) in [6.07, 6.45) is 1.44. The van der Waals surface area contributed by atoms with Crippen LogP contribution in [0.3, 0.4) is 0 Å². The van der Waals surface area contributed by atoms with Crippen LogP contribution >= 0.6 is 0 Å². The molecule has 1 N–H and O–H groups in total. The van der Waals surface area contributed by atoms with Crippen molar-refractivity contribution in [3.8, 4) is 5.75 Å². The number of benzene rings is 2. The van der Waals surface area contributed by atoms with Gasteiger partial charge in [-0.3, -0.25) is 14.5 Å². The molecule has 0 radical (unpaired) electrons. The quantitative estimate of drug-likeness (QED) is 0.623. The van der Waals surface area contributed by atoms with Crippen molar-refractivity contribution in [2.75, 3.05) is 12.4 Å². The normalized spacial score (nSPS) is 13.9. The van der Waals surface area contributed by atoms with Crippen LogP contribution in [0.4, 0.5) is 14.5 Å². The maximum Gasteiger partial charge on any atom is 0.278 e. The molecule has 6 nitrogen and oxygen atoms in total. The number of ether oxygens (including phenoxy) is 1. The van der Waals surface area contributed by atoms with E-state index in [9.17, 15) is 18.4 Å². The first-order valence-corrected chi connectivity index (χ1v) is 8.98. The lowest BCUT2D eigenvalue weighted by atomic mass is 10.0. The fraction of sp³-hybridized carbons (Fsp3) is 0.0909. The molecular weight excluding hydrogens is 394 g/mol. The Bertz CT molecular complexity index is 1160. The van der Waals surface area contributed by atoms with Gasteiger partial charge < -0.3 is 14.5 Å². The predicted molar refractivity (Wildman–Crippen MR) is 104 cm³/mol. The second-order valence-corrected chi connectivity index (χ2v) is 6.48. The number of imide groups is 1. The van der Waals surface area contributed by atoms with E-state index in [-0.39, 0.29) is 23.5 Å². The molecule has 0 atom stereocenters. The first-order valence-electron chi connectivity index (χ1n) is 8.98. The van der Waals surface area contributed by atoms with E-state index in [0.29, 0.717) is 17.1 Å². The van der Waals surface area contributed by atoms with Crippen molar-refractivity contribution >= 4 is 23.1 Å². The van der Waals surface area contributed by atoms with Gasteiger partial charge in [-0.15, -0.1) is 0 Å². The van der Waals surface area contributed by atoms with E-state index >= 15 is 0 Å². The molecule has 0 unspecified atom stereocenters. The maximum atomic E-state index is 13.7. The molecule has 2 heterocycles. The van der Waals surface area contributed by atoms with Crippen molar-refractivity contribution < 1.29 is 27.5 Å². The fourth-order valence-electron chi connectivity index (χ4n) is 3.21. The van der Waals surface area contributed by atoms with Crippen LogP contribution in [0.25, 0.3) is 5.57 Å². The van der Waals surface area contributed by atoms with Gasteiger partial charge in [0.05, 0.1) is 25.5 Å². The number of carbonyl (C=O) groups excluding carboxylic acids is 2. The van der Waals surface area contributed by atoms with E-state index in [1.54, 1.807) is 36.4 Å². The number of furan rings is 1. The number of hydrogen-bond acceptors (Lipinski definition) is 5. The van der Waals surface area contributed by atoms with E-state index in [2.05, 4.69) is 5.32 Å². The second-order valence-electron chi connectivity index (χ2n) is 6.48. The lowest BCUT2D eigenvalue weighted by Crippen LogP contribution is -2.31. The monoisotopic (exact) mass is 410 g/mol. The zero-order chi connectivity index (χ0) is 21.3. The van der Waals surface area contributed by atoms with Gasteiger partial charge in [0.1, 0.15) is 17.2 Å². The molecule has 0 spiro atoms. The molecule has 152 valence electrons. The van der Waals surface area contributed by atoms with Gasteiger partial charge in [-0.05, 0) is 30.3 Å². The highest BCUT2D eigenvalue weighted by Gasteiger charge is 2.40. The van der Waals surface area contributed by atoms with Crippen molar-refractivity contribution in [3.63, 3.8) is 0 Å². The summed E-state index contributed by atoms with van der Waals surface area (Å²) >= 11 is 0. The van der Waals surface area contributed by atoms with Crippen LogP contribution in [0, 0.1) is 11.6 Å². The number of anilines is 1. The van der Waals surface area contributed by atoms with Gasteiger partial charge in [0.15, 0.2) is 11.6 Å². The van der Waals surface area contributed by atoms with E-state index in [1.807, 2.05) is 0 Å². The first-order chi connectivity index (χ1) is 14.5. The molecule has 0 saturated carbocycles. The minimum atomic E-state index is -1.08. The van der Waals surface area contributed by atoms with E-state index in [0.717, 1.165) is 17.0 Å². The number of halogens is 2. The Morgan fingerprint density at radius 1 is 1.00 bits per heavy atom. The van der Waals surface area contributed by atoms with Gasteiger partial charge in [-0.2, -0.15) is 0 Å². The molecule has 1 aliphatic rings. The minimum Gasteiger partial charge on any atom is -0.496 e. The van der Waals surface area contributed by atoms with E-state index in [1.165, 1.54) is 19.4 Å². The van der Waals surface area contributed by atoms with Crippen LogP contribution in [0.15, 0.2) is 71.0 Å². The van der Waals surface area contributed by atoms with E-state index in [4.69, 9.17) is 9.15 Å². The zero-order valence-corrected chi connectivity index (χ0v) is 15.8. The molecule has 2 aromatic carbocycles. The number of nitrogens with zero attached hydrogens (tertiary/aromatic N) is 1. The van der Waals surface area contributed by atoms with Gasteiger partial charge in [0.25, 0.3) is 11.8 Å². The Labute approximate surface area is 170 Å². The zero-order valence-electron chi connectivity index (χ0n) is 15.8. The highest BCUT2D eigenvalue weighted by atomic mass is 19.2. The Balaban J connectivity index is 1.80. The minimum absolute atomic E-state index is 0.0636. The molecular formula is C22H16F2N2O4. The number of carbonyl (C=O) groups is 2. The lowest BCUT2D eigenvalue weighted by Gasteiger charge is -2.14. The molecule has 8 heteroatoms. The molecule has 3 aromatic rings. The highest BCUT2D eigenvalue weighted by Crippen LogP contribution is 2.36. The average Bonchev–Trinajstić information content (AvgIpc) is 3.34. The van der Waals surface area contributed by atoms with Gasteiger partial charge in [0.2, 0.25) is 0 Å². The molecule has 2 amide bonds. The summed E-state index contributed by atoms with van der Waals surface area (Å²) in [5.41, 5.74) is 0.512. The van der Waals surface area contributed by atoms with Crippen LogP contribution in [0.5, 0.6) is 5.75 Å². The standard InChI is InChI=1S/C22H16F2N2O4/c1-29-18-7-3-2-6-15(18)19-20(25-13-8-9-16(23)17(24)11-13)22(28)26(21(19)27)12-14-5-4-10-30-14/h2-11,25H,12H2,1H3. The summed E-state index contributed by atoms with van der Waals surface area (Å²) in [6.45, 7) is -0.0771. The summed E-state index contributed by atoms with van der Waals surface area (Å²) < 4.78 is 37.6. The fourth-order valence-corrected chi connectivity index (χ4v) is 3.21. The number of para-hydroxylation sites is 1. The molecule has 0 bridgehead atoms. The summed E-state index contributed by atoms with van der Waals surface area (Å²) in [5, 5.41) is 2.77. The SMILES string of the molecule is COc1ccccc1C1=C(Nc2ccc(F)c(F)c2)C(=O)N(Cc2ccco2)C1=O. The molecule has 30 heavy (non-hydrogen) atoms. The summed E-state index contributed by atoms with van der Waals surface area (Å²) in [5.74, 6) is -2.48. The van der Waals surface area contributed by atoms with Crippen LogP contribution in [0.1, 0.15) is 11.3 Å². The molecule has 1 aromatic heterocycles. The van der Waals surface area contributed by atoms with Crippen molar-refractivity contribution in [1.29, 1.82) is 0 Å². The van der Waals surface area contributed by atoms with Crippen LogP contribution in [-0.2, 0) is 16.1 Å². The molecule has 1 aliphatic heterocycles. The largest absolute Gasteiger partial charge is 0.496 e. The van der Waals surface area contributed by atoms with Gasteiger partial charge >= 0.3 is 0 Å². The number of nitrogens with one attached hydrogen (secondary N) is 1. The average molecular weight is 410 g/mol. The smallest absolute Gasteiger partial charge is 0.278 e. The Hall–Kier alpha value is -3.94. The Morgan fingerprint density at radius 2 is 1.80 bits per heavy atom. The van der Waals surface area contributed by atoms with Crippen LogP contribution in [0.2, 0.25) is 0 Å². The third-order valence-electron chi connectivity index (χ3n) is 4.63. The number of amides is 2. The summed E-state index contributed by atoms with van der Waals surface area (Å²) in [6, 6.07) is 13.1. The van der Waals surface area contributed by atoms with Crippen LogP contribution in [-0.4, -0.2) is 23.8 Å². The van der Waals surface area contributed by atoms with Crippen molar-refractivity contribution in [2.24, 2.45) is 0 Å². The lowest BCUT2D eigenvalue weighted by molar-refractivity contribution is -0.137. The third-order valence-corrected chi connectivity index (χ3v) is 4.63. The number of rotatable bonds is 6. The topological polar surface area (TPSA) is 71.8 Å². The second kappa shape index (κ2) is 7.82. The molecule has 4 rings (SSSR count). The molecule has 0 saturated heterocycles. The number of hydrogen-bond donors (Lipinski definition) is 1. The Kier molecular flexibility index (Phi) is 5.05. The van der Waals surface area contributed by atoms with Gasteiger partial charge in [-0.25, -0.2) is 8.78 Å². The summed E-state index contributed by atoms with van der Waals surface area (Å²) in [7, 11) is 1.45. The Morgan fingerprint density at radius 3 is 2.50 bits per heavy atom. The third kappa shape index (κ3) is 3.43. The van der Waals surface area contributed by atoms with Crippen molar-refractivity contribution in [2.45, 2.75) is 6.54 Å². The van der Waals surface area contributed by atoms with Gasteiger partial charge in [-0.1, -0.05) is 18.2 Å². The van der Waals surface area contributed by atoms with E-state index < -0.39 is 23.4 Å². The van der Waals surface area contributed by atoms with Crippen LogP contribution < -0.4 is 10.1 Å². The number of methoxy groups -OCH3 is 1. The van der Waals surface area contributed by atoms with Crippen molar-refractivity contribution in [1.82, 2.24) is 4.90 Å². The summed E-state index contributed by atoms with van der Waals surface area (Å²) in [4.78, 5) is 27.3. The van der Waals surface area contributed by atoms with Gasteiger partial charge in [0, 0.05) is 17.3 Å². The predicted octanol–water partition coefficient (Wildman–Crippen LogP) is 3.96. The first kappa shape index (κ1) is 19.4. The molecule has 0 aliphatic carbocycles. The maximum absolute atomic E-state index is 13.7.